The van der Waals surface area contributed by atoms with Crippen molar-refractivity contribution in [2.24, 2.45) is 4.99 Å². The van der Waals surface area contributed by atoms with Crippen molar-refractivity contribution in [2.45, 2.75) is 39.8 Å². The van der Waals surface area contributed by atoms with Crippen molar-refractivity contribution in [1.82, 2.24) is 10.6 Å². The minimum atomic E-state index is -0.252. The maximum atomic E-state index is 5.61. The molecule has 1 aromatic rings. The van der Waals surface area contributed by atoms with Crippen molar-refractivity contribution in [3.63, 3.8) is 0 Å². The van der Waals surface area contributed by atoms with E-state index in [0.29, 0.717) is 19.7 Å². The lowest BCUT2D eigenvalue weighted by Gasteiger charge is -2.24. The minimum absolute atomic E-state index is 0. The summed E-state index contributed by atoms with van der Waals surface area (Å²) in [7, 11) is 3.35. The molecule has 144 valence electrons. The third-order valence-corrected chi connectivity index (χ3v) is 3.53. The van der Waals surface area contributed by atoms with Crippen LogP contribution in [0, 0.1) is 0 Å². The predicted octanol–water partition coefficient (Wildman–Crippen LogP) is 3.19. The molecule has 0 saturated carbocycles. The van der Waals surface area contributed by atoms with Gasteiger partial charge in [0.1, 0.15) is 0 Å². The quantitative estimate of drug-likeness (QED) is 0.333. The highest BCUT2D eigenvalue weighted by Crippen LogP contribution is 2.28. The molecule has 1 aromatic carbocycles. The van der Waals surface area contributed by atoms with Gasteiger partial charge in [-0.2, -0.15) is 0 Å². The van der Waals surface area contributed by atoms with E-state index in [0.717, 1.165) is 29.6 Å². The highest BCUT2D eigenvalue weighted by Gasteiger charge is 2.16. The summed E-state index contributed by atoms with van der Waals surface area (Å²) in [5, 5.41) is 6.54. The van der Waals surface area contributed by atoms with Gasteiger partial charge in [-0.3, -0.25) is 0 Å². The number of benzene rings is 1. The Hall–Kier alpha value is -1.22. The third-order valence-electron chi connectivity index (χ3n) is 3.53. The molecule has 0 aromatic heterocycles. The van der Waals surface area contributed by atoms with Gasteiger partial charge in [0, 0.05) is 20.2 Å². The summed E-state index contributed by atoms with van der Waals surface area (Å²) >= 11 is 0. The van der Waals surface area contributed by atoms with Crippen LogP contribution < -0.4 is 20.1 Å². The monoisotopic (exact) mass is 465 g/mol. The van der Waals surface area contributed by atoms with Crippen LogP contribution in [0.2, 0.25) is 0 Å². The zero-order chi connectivity index (χ0) is 18.0. The van der Waals surface area contributed by atoms with E-state index in [-0.39, 0.29) is 29.6 Å². The molecule has 25 heavy (non-hydrogen) atoms. The maximum Gasteiger partial charge on any atom is 0.191 e. The zero-order valence-corrected chi connectivity index (χ0v) is 18.5. The molecule has 2 N–H and O–H groups in total. The number of halogens is 1. The lowest BCUT2D eigenvalue weighted by molar-refractivity contribution is 0.0268. The van der Waals surface area contributed by atoms with Crippen molar-refractivity contribution >= 4 is 29.9 Å². The highest BCUT2D eigenvalue weighted by molar-refractivity contribution is 14.0. The van der Waals surface area contributed by atoms with Crippen LogP contribution in [0.4, 0.5) is 0 Å². The number of nitrogens with zero attached hydrogens (tertiary/aromatic N) is 1. The number of rotatable bonds is 9. The molecule has 0 aliphatic carbocycles. The number of aliphatic imine (C=N–C) groups is 1. The molecule has 0 amide bonds. The number of guanidine groups is 1. The van der Waals surface area contributed by atoms with Gasteiger partial charge in [-0.1, -0.05) is 6.07 Å². The van der Waals surface area contributed by atoms with Crippen molar-refractivity contribution in [2.75, 3.05) is 33.9 Å². The SMILES string of the molecule is CCNC(=NCc1ccc(OC)c(OCC)c1)NCC(C)(C)OC.I. The van der Waals surface area contributed by atoms with E-state index < -0.39 is 0 Å². The number of hydrogen-bond donors (Lipinski definition) is 2. The molecule has 0 atom stereocenters. The summed E-state index contributed by atoms with van der Waals surface area (Å²) in [5.74, 6) is 2.24. The summed E-state index contributed by atoms with van der Waals surface area (Å²) in [6, 6.07) is 5.87. The molecule has 0 saturated heterocycles. The molecular formula is C18H32IN3O3. The predicted molar refractivity (Wildman–Crippen MR) is 113 cm³/mol. The molecule has 6 nitrogen and oxygen atoms in total. The average molecular weight is 465 g/mol. The second-order valence-electron chi connectivity index (χ2n) is 5.93. The highest BCUT2D eigenvalue weighted by atomic mass is 127. The van der Waals surface area contributed by atoms with E-state index in [1.54, 1.807) is 14.2 Å². The van der Waals surface area contributed by atoms with E-state index in [4.69, 9.17) is 14.2 Å². The molecule has 0 fully saturated rings. The fraction of sp³-hybridized carbons (Fsp3) is 0.611. The Balaban J connectivity index is 0.00000576. The summed E-state index contributed by atoms with van der Waals surface area (Å²) in [6.45, 7) is 10.7. The fourth-order valence-corrected chi connectivity index (χ4v) is 1.97. The fourth-order valence-electron chi connectivity index (χ4n) is 1.97. The average Bonchev–Trinajstić information content (AvgIpc) is 2.58. The standard InChI is InChI=1S/C18H31N3O3.HI/c1-7-19-17(21-13-18(3,4)23-6)20-12-14-9-10-15(22-5)16(11-14)24-8-2;/h9-11H,7-8,12-13H2,1-6H3,(H2,19,20,21);1H. The molecule has 0 aliphatic rings. The van der Waals surface area contributed by atoms with Gasteiger partial charge in [0.25, 0.3) is 0 Å². The first-order chi connectivity index (χ1) is 11.5. The Morgan fingerprint density at radius 1 is 1.12 bits per heavy atom. The zero-order valence-electron chi connectivity index (χ0n) is 16.1. The first-order valence-electron chi connectivity index (χ1n) is 8.32. The maximum absolute atomic E-state index is 5.61. The molecule has 0 bridgehead atoms. The number of nitrogens with one attached hydrogen (secondary N) is 2. The number of ether oxygens (including phenoxy) is 3. The molecule has 7 heteroatoms. The van der Waals surface area contributed by atoms with E-state index >= 15 is 0 Å². The Kier molecular flexibility index (Phi) is 11.6. The first-order valence-corrected chi connectivity index (χ1v) is 8.32. The summed E-state index contributed by atoms with van der Waals surface area (Å²) in [5.41, 5.74) is 0.806. The molecular weight excluding hydrogens is 433 g/mol. The van der Waals surface area contributed by atoms with Gasteiger partial charge in [0.15, 0.2) is 17.5 Å². The van der Waals surface area contributed by atoms with Gasteiger partial charge in [0.2, 0.25) is 0 Å². The van der Waals surface area contributed by atoms with Gasteiger partial charge in [-0.05, 0) is 45.4 Å². The van der Waals surface area contributed by atoms with Crippen LogP contribution in [-0.2, 0) is 11.3 Å². The van der Waals surface area contributed by atoms with Crippen molar-refractivity contribution in [1.29, 1.82) is 0 Å². The normalized spacial score (nSPS) is 11.5. The Bertz CT molecular complexity index is 536. The lowest BCUT2D eigenvalue weighted by atomic mass is 10.1. The van der Waals surface area contributed by atoms with E-state index in [1.807, 2.05) is 45.9 Å². The molecule has 1 rings (SSSR count). The van der Waals surface area contributed by atoms with Gasteiger partial charge < -0.3 is 24.8 Å². The van der Waals surface area contributed by atoms with Crippen molar-refractivity contribution in [3.05, 3.63) is 23.8 Å². The van der Waals surface area contributed by atoms with Crippen LogP contribution in [-0.4, -0.2) is 45.5 Å². The number of hydrogen-bond acceptors (Lipinski definition) is 4. The van der Waals surface area contributed by atoms with E-state index in [2.05, 4.69) is 15.6 Å². The van der Waals surface area contributed by atoms with Crippen LogP contribution in [0.1, 0.15) is 33.3 Å². The molecule has 0 radical (unpaired) electrons. The minimum Gasteiger partial charge on any atom is -0.493 e. The van der Waals surface area contributed by atoms with Gasteiger partial charge in [-0.25, -0.2) is 4.99 Å². The third kappa shape index (κ3) is 8.62. The van der Waals surface area contributed by atoms with Crippen LogP contribution in [0.3, 0.4) is 0 Å². The lowest BCUT2D eigenvalue weighted by Crippen LogP contribution is -2.45. The smallest absolute Gasteiger partial charge is 0.191 e. The van der Waals surface area contributed by atoms with Crippen LogP contribution in [0.25, 0.3) is 0 Å². The molecule has 0 aliphatic heterocycles. The Labute approximate surface area is 168 Å². The van der Waals surface area contributed by atoms with Crippen molar-refractivity contribution < 1.29 is 14.2 Å². The van der Waals surface area contributed by atoms with Gasteiger partial charge in [-0.15, -0.1) is 24.0 Å². The molecule has 0 heterocycles. The second-order valence-corrected chi connectivity index (χ2v) is 5.93. The van der Waals surface area contributed by atoms with Gasteiger partial charge in [0.05, 0.1) is 25.9 Å². The molecule has 0 unspecified atom stereocenters. The first kappa shape index (κ1) is 23.8. The van der Waals surface area contributed by atoms with Crippen LogP contribution >= 0.6 is 24.0 Å². The molecule has 0 spiro atoms. The Morgan fingerprint density at radius 2 is 1.84 bits per heavy atom. The van der Waals surface area contributed by atoms with Crippen LogP contribution in [0.15, 0.2) is 23.2 Å². The van der Waals surface area contributed by atoms with E-state index in [1.165, 1.54) is 0 Å². The summed E-state index contributed by atoms with van der Waals surface area (Å²) in [4.78, 5) is 4.62. The van der Waals surface area contributed by atoms with Crippen LogP contribution in [0.5, 0.6) is 11.5 Å². The topological polar surface area (TPSA) is 64.1 Å². The summed E-state index contributed by atoms with van der Waals surface area (Å²) in [6.07, 6.45) is 0. The largest absolute Gasteiger partial charge is 0.493 e. The second kappa shape index (κ2) is 12.2. The van der Waals surface area contributed by atoms with Gasteiger partial charge >= 0.3 is 0 Å². The Morgan fingerprint density at radius 3 is 2.40 bits per heavy atom. The summed E-state index contributed by atoms with van der Waals surface area (Å²) < 4.78 is 16.3. The van der Waals surface area contributed by atoms with Crippen molar-refractivity contribution in [3.8, 4) is 11.5 Å². The van der Waals surface area contributed by atoms with E-state index in [9.17, 15) is 0 Å². The number of methoxy groups -OCH3 is 2.